The molecule has 0 spiro atoms. The average Bonchev–Trinajstić information content (AvgIpc) is 2.25. The molecule has 0 aliphatic rings. The molecule has 0 atom stereocenters. The average molecular weight is 189 g/mol. The van der Waals surface area contributed by atoms with Gasteiger partial charge < -0.3 is 0 Å². The molecular formula is C13H19N. The second-order valence-electron chi connectivity index (χ2n) is 3.48. The van der Waals surface area contributed by atoms with E-state index >= 15 is 0 Å². The van der Waals surface area contributed by atoms with Crippen LogP contribution in [0, 0.1) is 0 Å². The topological polar surface area (TPSA) is 12.9 Å². The van der Waals surface area contributed by atoms with E-state index in [0.29, 0.717) is 0 Å². The zero-order valence-electron chi connectivity index (χ0n) is 9.16. The minimum absolute atomic E-state index is 1.14. The maximum absolute atomic E-state index is 4.38. The predicted octanol–water partition coefficient (Wildman–Crippen LogP) is 4.07. The molecule has 1 nitrogen and oxygen atoms in total. The highest BCUT2D eigenvalue weighted by molar-refractivity contribution is 5.62. The Labute approximate surface area is 86.9 Å². The van der Waals surface area contributed by atoms with Gasteiger partial charge in [0.15, 0.2) is 0 Å². The van der Waals surface area contributed by atoms with Crippen LogP contribution in [0.3, 0.4) is 0 Å². The molecule has 1 heterocycles. The van der Waals surface area contributed by atoms with Gasteiger partial charge in [-0.3, -0.25) is 4.98 Å². The molecule has 0 aliphatic heterocycles. The lowest BCUT2D eigenvalue weighted by molar-refractivity contribution is 0.928. The number of allylic oxidation sites excluding steroid dienone is 2. The Morgan fingerprint density at radius 3 is 2.71 bits per heavy atom. The van der Waals surface area contributed by atoms with Gasteiger partial charge in [-0.15, -0.1) is 0 Å². The largest absolute Gasteiger partial charge is 0.257 e. The second kappa shape index (κ2) is 6.36. The minimum atomic E-state index is 1.14. The van der Waals surface area contributed by atoms with Crippen LogP contribution >= 0.6 is 0 Å². The van der Waals surface area contributed by atoms with Crippen LogP contribution in [-0.2, 0) is 0 Å². The number of nitrogens with zero attached hydrogens (tertiary/aromatic N) is 1. The fraction of sp³-hybridized carbons (Fsp3) is 0.462. The Morgan fingerprint density at radius 2 is 2.14 bits per heavy atom. The van der Waals surface area contributed by atoms with Gasteiger partial charge in [0.25, 0.3) is 0 Å². The van der Waals surface area contributed by atoms with Crippen molar-refractivity contribution in [3.8, 4) is 0 Å². The lowest BCUT2D eigenvalue weighted by Gasteiger charge is -2.04. The molecule has 76 valence electrons. The highest BCUT2D eigenvalue weighted by Crippen LogP contribution is 2.18. The van der Waals surface area contributed by atoms with Gasteiger partial charge in [0, 0.05) is 6.20 Å². The summed E-state index contributed by atoms with van der Waals surface area (Å²) in [6.45, 7) is 4.42. The molecular weight excluding hydrogens is 170 g/mol. The Balaban J connectivity index is 2.77. The van der Waals surface area contributed by atoms with Crippen molar-refractivity contribution in [1.82, 2.24) is 4.98 Å². The SMILES string of the molecule is CCC/C=C(/CCC)c1ccccn1. The molecule has 0 aliphatic carbocycles. The van der Waals surface area contributed by atoms with E-state index in [9.17, 15) is 0 Å². The summed E-state index contributed by atoms with van der Waals surface area (Å²) in [5.41, 5.74) is 2.54. The van der Waals surface area contributed by atoms with Gasteiger partial charge in [0.2, 0.25) is 0 Å². The number of hydrogen-bond acceptors (Lipinski definition) is 1. The third kappa shape index (κ3) is 3.33. The number of pyridine rings is 1. The number of rotatable bonds is 5. The zero-order chi connectivity index (χ0) is 10.2. The fourth-order valence-corrected chi connectivity index (χ4v) is 1.48. The van der Waals surface area contributed by atoms with Crippen molar-refractivity contribution < 1.29 is 0 Å². The van der Waals surface area contributed by atoms with Crippen molar-refractivity contribution in [2.24, 2.45) is 0 Å². The van der Waals surface area contributed by atoms with Crippen molar-refractivity contribution in [2.45, 2.75) is 39.5 Å². The molecule has 0 saturated carbocycles. The summed E-state index contributed by atoms with van der Waals surface area (Å²) in [7, 11) is 0. The van der Waals surface area contributed by atoms with E-state index in [2.05, 4.69) is 37.0 Å². The highest BCUT2D eigenvalue weighted by atomic mass is 14.7. The Kier molecular flexibility index (Phi) is 4.98. The molecule has 1 aromatic heterocycles. The van der Waals surface area contributed by atoms with Gasteiger partial charge in [0.1, 0.15) is 0 Å². The van der Waals surface area contributed by atoms with E-state index in [4.69, 9.17) is 0 Å². The summed E-state index contributed by atoms with van der Waals surface area (Å²) in [4.78, 5) is 4.38. The summed E-state index contributed by atoms with van der Waals surface area (Å²) < 4.78 is 0. The van der Waals surface area contributed by atoms with Crippen LogP contribution in [0.4, 0.5) is 0 Å². The first-order chi connectivity index (χ1) is 6.88. The molecule has 0 unspecified atom stereocenters. The van der Waals surface area contributed by atoms with Crippen LogP contribution in [0.25, 0.3) is 5.57 Å². The highest BCUT2D eigenvalue weighted by Gasteiger charge is 1.99. The van der Waals surface area contributed by atoms with Gasteiger partial charge in [-0.25, -0.2) is 0 Å². The van der Waals surface area contributed by atoms with E-state index in [1.807, 2.05) is 12.3 Å². The maximum atomic E-state index is 4.38. The molecule has 0 aromatic carbocycles. The normalized spacial score (nSPS) is 11.7. The zero-order valence-corrected chi connectivity index (χ0v) is 9.16. The first-order valence-corrected chi connectivity index (χ1v) is 5.49. The third-order valence-electron chi connectivity index (χ3n) is 2.19. The number of unbranched alkanes of at least 4 members (excludes halogenated alkanes) is 1. The first kappa shape index (κ1) is 11.0. The fourth-order valence-electron chi connectivity index (χ4n) is 1.48. The van der Waals surface area contributed by atoms with Gasteiger partial charge in [-0.05, 0) is 30.5 Å². The Hall–Kier alpha value is -1.11. The lowest BCUT2D eigenvalue weighted by Crippen LogP contribution is -1.88. The minimum Gasteiger partial charge on any atom is -0.257 e. The third-order valence-corrected chi connectivity index (χ3v) is 2.19. The number of hydrogen-bond donors (Lipinski definition) is 0. The van der Waals surface area contributed by atoms with Crippen LogP contribution in [-0.4, -0.2) is 4.98 Å². The van der Waals surface area contributed by atoms with Gasteiger partial charge in [-0.1, -0.05) is 38.8 Å². The van der Waals surface area contributed by atoms with Crippen molar-refractivity contribution in [3.05, 3.63) is 36.2 Å². The van der Waals surface area contributed by atoms with E-state index in [1.54, 1.807) is 0 Å². The van der Waals surface area contributed by atoms with Crippen molar-refractivity contribution in [1.29, 1.82) is 0 Å². The van der Waals surface area contributed by atoms with Gasteiger partial charge in [-0.2, -0.15) is 0 Å². The molecule has 0 amide bonds. The smallest absolute Gasteiger partial charge is 0.0658 e. The van der Waals surface area contributed by atoms with Crippen LogP contribution < -0.4 is 0 Å². The van der Waals surface area contributed by atoms with Crippen LogP contribution in [0.15, 0.2) is 30.5 Å². The standard InChI is InChI=1S/C13H19N/c1-3-5-9-12(8-4-2)13-10-6-7-11-14-13/h6-7,9-11H,3-5,8H2,1-2H3/b12-9-. The van der Waals surface area contributed by atoms with Crippen LogP contribution in [0.1, 0.15) is 45.2 Å². The second-order valence-corrected chi connectivity index (χ2v) is 3.48. The van der Waals surface area contributed by atoms with E-state index in [1.165, 1.54) is 18.4 Å². The van der Waals surface area contributed by atoms with E-state index in [-0.39, 0.29) is 0 Å². The van der Waals surface area contributed by atoms with Crippen molar-refractivity contribution >= 4 is 5.57 Å². The Bertz CT molecular complexity index is 275. The van der Waals surface area contributed by atoms with E-state index < -0.39 is 0 Å². The van der Waals surface area contributed by atoms with Crippen LogP contribution in [0.5, 0.6) is 0 Å². The van der Waals surface area contributed by atoms with Crippen LogP contribution in [0.2, 0.25) is 0 Å². The lowest BCUT2D eigenvalue weighted by atomic mass is 10.0. The first-order valence-electron chi connectivity index (χ1n) is 5.49. The molecule has 1 aromatic rings. The Morgan fingerprint density at radius 1 is 1.29 bits per heavy atom. The molecule has 0 N–H and O–H groups in total. The molecule has 0 bridgehead atoms. The molecule has 14 heavy (non-hydrogen) atoms. The summed E-state index contributed by atoms with van der Waals surface area (Å²) >= 11 is 0. The van der Waals surface area contributed by atoms with Gasteiger partial charge in [0.05, 0.1) is 5.69 Å². The summed E-state index contributed by atoms with van der Waals surface area (Å²) in [5.74, 6) is 0. The monoisotopic (exact) mass is 189 g/mol. The summed E-state index contributed by atoms with van der Waals surface area (Å²) in [5, 5.41) is 0. The predicted molar refractivity (Wildman–Crippen MR) is 62.0 cm³/mol. The summed E-state index contributed by atoms with van der Waals surface area (Å²) in [6, 6.07) is 6.11. The van der Waals surface area contributed by atoms with Crippen molar-refractivity contribution in [2.75, 3.05) is 0 Å². The molecule has 1 rings (SSSR count). The molecule has 0 saturated heterocycles. The van der Waals surface area contributed by atoms with Gasteiger partial charge >= 0.3 is 0 Å². The summed E-state index contributed by atoms with van der Waals surface area (Å²) in [6.07, 6.45) is 8.88. The molecule has 1 heteroatoms. The van der Waals surface area contributed by atoms with Crippen molar-refractivity contribution in [3.63, 3.8) is 0 Å². The molecule has 0 radical (unpaired) electrons. The maximum Gasteiger partial charge on any atom is 0.0658 e. The van der Waals surface area contributed by atoms with E-state index in [0.717, 1.165) is 18.5 Å². The number of aromatic nitrogens is 1. The molecule has 0 fully saturated rings. The quantitative estimate of drug-likeness (QED) is 0.680.